The van der Waals surface area contributed by atoms with Crippen molar-refractivity contribution >= 4 is 12.0 Å². The number of carboxylic acids is 1. The predicted octanol–water partition coefficient (Wildman–Crippen LogP) is -0.0920. The molecule has 0 aromatic heterocycles. The van der Waals surface area contributed by atoms with Gasteiger partial charge in [-0.2, -0.15) is 0 Å². The summed E-state index contributed by atoms with van der Waals surface area (Å²) >= 11 is 0. The SMILES string of the molecule is COCCCNC(=O)N1CC(C)(OCC(=O)O)C1. The van der Waals surface area contributed by atoms with Crippen LogP contribution in [0.5, 0.6) is 0 Å². The monoisotopic (exact) mass is 260 g/mol. The Bertz CT molecular complexity index is 302. The average Bonchev–Trinajstić information content (AvgIpc) is 2.28. The third kappa shape index (κ3) is 4.50. The molecule has 1 aliphatic rings. The zero-order chi connectivity index (χ0) is 13.6. The highest BCUT2D eigenvalue weighted by atomic mass is 16.5. The van der Waals surface area contributed by atoms with Gasteiger partial charge in [-0.05, 0) is 13.3 Å². The third-order valence-electron chi connectivity index (χ3n) is 2.68. The first-order chi connectivity index (χ1) is 8.47. The standard InChI is InChI=1S/C11H20N2O5/c1-11(18-6-9(14)15)7-13(8-11)10(16)12-4-3-5-17-2/h3-8H2,1-2H3,(H,12,16)(H,14,15). The van der Waals surface area contributed by atoms with Crippen LogP contribution in [0.15, 0.2) is 0 Å². The smallest absolute Gasteiger partial charge is 0.329 e. The van der Waals surface area contributed by atoms with E-state index < -0.39 is 11.6 Å². The molecule has 0 radical (unpaired) electrons. The third-order valence-corrected chi connectivity index (χ3v) is 2.68. The summed E-state index contributed by atoms with van der Waals surface area (Å²) in [5.41, 5.74) is -0.539. The van der Waals surface area contributed by atoms with Crippen molar-refractivity contribution < 1.29 is 24.2 Å². The van der Waals surface area contributed by atoms with Gasteiger partial charge in [0.2, 0.25) is 0 Å². The number of nitrogens with zero attached hydrogens (tertiary/aromatic N) is 1. The van der Waals surface area contributed by atoms with E-state index in [4.69, 9.17) is 14.6 Å². The molecule has 0 saturated carbocycles. The van der Waals surface area contributed by atoms with Gasteiger partial charge in [0.05, 0.1) is 13.1 Å². The van der Waals surface area contributed by atoms with E-state index in [1.165, 1.54) is 0 Å². The van der Waals surface area contributed by atoms with Crippen molar-refractivity contribution in [1.82, 2.24) is 10.2 Å². The van der Waals surface area contributed by atoms with Crippen LogP contribution in [0.1, 0.15) is 13.3 Å². The van der Waals surface area contributed by atoms with Crippen molar-refractivity contribution in [3.8, 4) is 0 Å². The van der Waals surface area contributed by atoms with Crippen molar-refractivity contribution in [2.45, 2.75) is 18.9 Å². The summed E-state index contributed by atoms with van der Waals surface area (Å²) < 4.78 is 10.1. The molecule has 0 aromatic carbocycles. The topological polar surface area (TPSA) is 88.1 Å². The van der Waals surface area contributed by atoms with Crippen LogP contribution in [0.3, 0.4) is 0 Å². The summed E-state index contributed by atoms with van der Waals surface area (Å²) in [5.74, 6) is -1.00. The Balaban J connectivity index is 2.16. The molecule has 1 fully saturated rings. The molecule has 7 heteroatoms. The van der Waals surface area contributed by atoms with E-state index in [2.05, 4.69) is 5.32 Å². The van der Waals surface area contributed by atoms with Crippen molar-refractivity contribution in [2.24, 2.45) is 0 Å². The van der Waals surface area contributed by atoms with Gasteiger partial charge >= 0.3 is 12.0 Å². The minimum Gasteiger partial charge on any atom is -0.480 e. The molecule has 1 heterocycles. The summed E-state index contributed by atoms with van der Waals surface area (Å²) in [4.78, 5) is 23.6. The van der Waals surface area contributed by atoms with Crippen molar-refractivity contribution in [1.29, 1.82) is 0 Å². The number of nitrogens with one attached hydrogen (secondary N) is 1. The van der Waals surface area contributed by atoms with Crippen LogP contribution in [0.2, 0.25) is 0 Å². The summed E-state index contributed by atoms with van der Waals surface area (Å²) in [6, 6.07) is -0.150. The maximum atomic E-state index is 11.6. The van der Waals surface area contributed by atoms with E-state index in [9.17, 15) is 9.59 Å². The van der Waals surface area contributed by atoms with Gasteiger partial charge in [-0.25, -0.2) is 9.59 Å². The van der Waals surface area contributed by atoms with Crippen LogP contribution in [0.25, 0.3) is 0 Å². The number of ether oxygens (including phenoxy) is 2. The second kappa shape index (κ2) is 6.55. The normalized spacial score (nSPS) is 17.1. The van der Waals surface area contributed by atoms with Crippen molar-refractivity contribution in [3.63, 3.8) is 0 Å². The van der Waals surface area contributed by atoms with Crippen LogP contribution in [0, 0.1) is 0 Å². The highest BCUT2D eigenvalue weighted by Gasteiger charge is 2.42. The van der Waals surface area contributed by atoms with E-state index in [0.717, 1.165) is 6.42 Å². The molecule has 7 nitrogen and oxygen atoms in total. The number of hydrogen-bond acceptors (Lipinski definition) is 4. The minimum atomic E-state index is -1.00. The molecular formula is C11H20N2O5. The number of carbonyl (C=O) groups is 2. The second-order valence-electron chi connectivity index (χ2n) is 4.57. The van der Waals surface area contributed by atoms with Gasteiger partial charge in [0, 0.05) is 20.3 Å². The lowest BCUT2D eigenvalue weighted by Crippen LogP contribution is -2.65. The molecule has 104 valence electrons. The van der Waals surface area contributed by atoms with Crippen LogP contribution < -0.4 is 5.32 Å². The number of urea groups is 1. The molecule has 0 spiro atoms. The van der Waals surface area contributed by atoms with Gasteiger partial charge in [0.1, 0.15) is 12.2 Å². The summed E-state index contributed by atoms with van der Waals surface area (Å²) in [7, 11) is 1.61. The summed E-state index contributed by atoms with van der Waals surface area (Å²) in [6.07, 6.45) is 0.767. The molecule has 2 N–H and O–H groups in total. The zero-order valence-corrected chi connectivity index (χ0v) is 10.8. The lowest BCUT2D eigenvalue weighted by molar-refractivity contribution is -0.159. The van der Waals surface area contributed by atoms with Gasteiger partial charge in [-0.3, -0.25) is 0 Å². The minimum absolute atomic E-state index is 0.150. The van der Waals surface area contributed by atoms with Gasteiger partial charge in [0.25, 0.3) is 0 Å². The van der Waals surface area contributed by atoms with Gasteiger partial charge in [-0.15, -0.1) is 0 Å². The Morgan fingerprint density at radius 3 is 2.67 bits per heavy atom. The van der Waals surface area contributed by atoms with E-state index in [1.807, 2.05) is 0 Å². The molecular weight excluding hydrogens is 240 g/mol. The van der Waals surface area contributed by atoms with E-state index >= 15 is 0 Å². The number of methoxy groups -OCH3 is 1. The van der Waals surface area contributed by atoms with Gasteiger partial charge in [0.15, 0.2) is 0 Å². The summed E-state index contributed by atoms with van der Waals surface area (Å²) in [6.45, 7) is 3.47. The van der Waals surface area contributed by atoms with Gasteiger partial charge in [-0.1, -0.05) is 0 Å². The lowest BCUT2D eigenvalue weighted by Gasteiger charge is -2.46. The first-order valence-corrected chi connectivity index (χ1v) is 5.84. The fraction of sp³-hybridized carbons (Fsp3) is 0.818. The Labute approximate surface area is 106 Å². The van der Waals surface area contributed by atoms with Gasteiger partial charge < -0.3 is 24.8 Å². The Hall–Kier alpha value is -1.34. The number of hydrogen-bond donors (Lipinski definition) is 2. The molecule has 1 rings (SSSR count). The molecule has 1 aliphatic heterocycles. The number of carboxylic acid groups (broad SMARTS) is 1. The van der Waals surface area contributed by atoms with Crippen LogP contribution in [-0.4, -0.2) is 67.6 Å². The van der Waals surface area contributed by atoms with Crippen molar-refractivity contribution in [3.05, 3.63) is 0 Å². The molecule has 0 aromatic rings. The number of aliphatic carboxylic acids is 1. The molecule has 18 heavy (non-hydrogen) atoms. The number of carbonyl (C=O) groups excluding carboxylic acids is 1. The largest absolute Gasteiger partial charge is 0.480 e. The molecule has 1 saturated heterocycles. The molecule has 0 aliphatic carbocycles. The number of rotatable bonds is 7. The number of likely N-dealkylation sites (tertiary alicyclic amines) is 1. The Morgan fingerprint density at radius 2 is 2.11 bits per heavy atom. The van der Waals surface area contributed by atoms with E-state index in [0.29, 0.717) is 26.2 Å². The first kappa shape index (κ1) is 14.7. The quantitative estimate of drug-likeness (QED) is 0.624. The predicted molar refractivity (Wildman–Crippen MR) is 63.5 cm³/mol. The summed E-state index contributed by atoms with van der Waals surface area (Å²) in [5, 5.41) is 11.3. The zero-order valence-electron chi connectivity index (χ0n) is 10.8. The second-order valence-corrected chi connectivity index (χ2v) is 4.57. The first-order valence-electron chi connectivity index (χ1n) is 5.84. The molecule has 0 atom stereocenters. The number of amides is 2. The van der Waals surface area contributed by atoms with Crippen molar-refractivity contribution in [2.75, 3.05) is 40.0 Å². The van der Waals surface area contributed by atoms with Crippen LogP contribution in [-0.2, 0) is 14.3 Å². The Kier molecular flexibility index (Phi) is 5.36. The maximum Gasteiger partial charge on any atom is 0.329 e. The van der Waals surface area contributed by atoms with E-state index in [1.54, 1.807) is 18.9 Å². The molecule has 2 amide bonds. The fourth-order valence-electron chi connectivity index (χ4n) is 1.76. The highest BCUT2D eigenvalue weighted by molar-refractivity contribution is 5.75. The van der Waals surface area contributed by atoms with E-state index in [-0.39, 0.29) is 12.6 Å². The maximum absolute atomic E-state index is 11.6. The molecule has 0 bridgehead atoms. The molecule has 0 unspecified atom stereocenters. The lowest BCUT2D eigenvalue weighted by atomic mass is 9.97. The fourth-order valence-corrected chi connectivity index (χ4v) is 1.76. The average molecular weight is 260 g/mol. The van der Waals surface area contributed by atoms with Crippen LogP contribution >= 0.6 is 0 Å². The van der Waals surface area contributed by atoms with Crippen LogP contribution in [0.4, 0.5) is 4.79 Å². The Morgan fingerprint density at radius 1 is 1.44 bits per heavy atom. The highest BCUT2D eigenvalue weighted by Crippen LogP contribution is 2.24.